The molecule has 1 fully saturated rings. The topological polar surface area (TPSA) is 15.3 Å². The normalized spacial score (nSPS) is 20.8. The van der Waals surface area contributed by atoms with Crippen molar-refractivity contribution in [2.45, 2.75) is 59.9 Å². The molecular formula is C16H34N2. The molecule has 2 nitrogen and oxygen atoms in total. The van der Waals surface area contributed by atoms with E-state index in [2.05, 4.69) is 44.8 Å². The number of hydrogen-bond donors (Lipinski definition) is 1. The fourth-order valence-electron chi connectivity index (χ4n) is 2.91. The van der Waals surface area contributed by atoms with Crippen LogP contribution in [0, 0.1) is 17.8 Å². The summed E-state index contributed by atoms with van der Waals surface area (Å²) in [5.41, 5.74) is 0. The summed E-state index contributed by atoms with van der Waals surface area (Å²) < 4.78 is 0. The molecule has 1 atom stereocenters. The average Bonchev–Trinajstić information content (AvgIpc) is 2.34. The Morgan fingerprint density at radius 1 is 1.06 bits per heavy atom. The second kappa shape index (κ2) is 8.16. The van der Waals surface area contributed by atoms with E-state index in [0.29, 0.717) is 0 Å². The van der Waals surface area contributed by atoms with Crippen LogP contribution in [-0.4, -0.2) is 37.1 Å². The molecule has 0 aromatic heterocycles. The third-order valence-corrected chi connectivity index (χ3v) is 4.43. The lowest BCUT2D eigenvalue weighted by Crippen LogP contribution is -2.42. The molecule has 1 aliphatic rings. The van der Waals surface area contributed by atoms with Gasteiger partial charge in [0.15, 0.2) is 0 Å². The van der Waals surface area contributed by atoms with Crippen LogP contribution in [0.3, 0.4) is 0 Å². The van der Waals surface area contributed by atoms with Crippen LogP contribution in [0.4, 0.5) is 0 Å². The maximum Gasteiger partial charge on any atom is 0.00790 e. The van der Waals surface area contributed by atoms with Gasteiger partial charge in [0.25, 0.3) is 0 Å². The standard InChI is InChI=1S/C16H34N2/c1-13(2)12-17-9-6-15(5)18-10-7-16(8-11-18)14(3)4/h13-17H,6-12H2,1-5H3. The first kappa shape index (κ1) is 16.0. The van der Waals surface area contributed by atoms with Gasteiger partial charge in [-0.2, -0.15) is 0 Å². The van der Waals surface area contributed by atoms with Crippen LogP contribution in [0.1, 0.15) is 53.9 Å². The van der Waals surface area contributed by atoms with Crippen molar-refractivity contribution in [1.29, 1.82) is 0 Å². The predicted molar refractivity (Wildman–Crippen MR) is 80.9 cm³/mol. The molecular weight excluding hydrogens is 220 g/mol. The van der Waals surface area contributed by atoms with Gasteiger partial charge in [0.1, 0.15) is 0 Å². The maximum atomic E-state index is 3.56. The summed E-state index contributed by atoms with van der Waals surface area (Å²) in [4.78, 5) is 2.69. The van der Waals surface area contributed by atoms with Gasteiger partial charge in [0.05, 0.1) is 0 Å². The number of nitrogens with one attached hydrogen (secondary N) is 1. The molecule has 0 radical (unpaired) electrons. The van der Waals surface area contributed by atoms with E-state index in [4.69, 9.17) is 0 Å². The van der Waals surface area contributed by atoms with Crippen molar-refractivity contribution in [2.24, 2.45) is 17.8 Å². The average molecular weight is 254 g/mol. The minimum absolute atomic E-state index is 0.748. The highest BCUT2D eigenvalue weighted by atomic mass is 15.2. The predicted octanol–water partition coefficient (Wildman–Crippen LogP) is 3.38. The smallest absolute Gasteiger partial charge is 0.00790 e. The fraction of sp³-hybridized carbons (Fsp3) is 1.00. The highest BCUT2D eigenvalue weighted by Crippen LogP contribution is 2.25. The molecule has 0 aromatic carbocycles. The van der Waals surface area contributed by atoms with Crippen molar-refractivity contribution < 1.29 is 0 Å². The van der Waals surface area contributed by atoms with Gasteiger partial charge in [-0.25, -0.2) is 0 Å². The maximum absolute atomic E-state index is 3.56. The largest absolute Gasteiger partial charge is 0.316 e. The van der Waals surface area contributed by atoms with E-state index in [0.717, 1.165) is 30.3 Å². The first-order chi connectivity index (χ1) is 8.50. The lowest BCUT2D eigenvalue weighted by molar-refractivity contribution is 0.117. The van der Waals surface area contributed by atoms with E-state index in [1.807, 2.05) is 0 Å². The minimum Gasteiger partial charge on any atom is -0.316 e. The Bertz CT molecular complexity index is 205. The van der Waals surface area contributed by atoms with Gasteiger partial charge in [-0.3, -0.25) is 0 Å². The summed E-state index contributed by atoms with van der Waals surface area (Å²) in [7, 11) is 0. The van der Waals surface area contributed by atoms with Crippen LogP contribution < -0.4 is 5.32 Å². The SMILES string of the molecule is CC(C)CNCCC(C)N1CCC(C(C)C)CC1. The van der Waals surface area contributed by atoms with Crippen LogP contribution in [-0.2, 0) is 0 Å². The Hall–Kier alpha value is -0.0800. The van der Waals surface area contributed by atoms with Crippen molar-refractivity contribution >= 4 is 0 Å². The number of piperidine rings is 1. The molecule has 0 aliphatic carbocycles. The number of rotatable bonds is 7. The molecule has 18 heavy (non-hydrogen) atoms. The zero-order chi connectivity index (χ0) is 13.5. The van der Waals surface area contributed by atoms with E-state index >= 15 is 0 Å². The quantitative estimate of drug-likeness (QED) is 0.701. The molecule has 108 valence electrons. The molecule has 0 aromatic rings. The summed E-state index contributed by atoms with van der Waals surface area (Å²) in [6.45, 7) is 16.6. The second-order valence-corrected chi connectivity index (χ2v) is 6.85. The molecule has 1 rings (SSSR count). The van der Waals surface area contributed by atoms with Crippen LogP contribution in [0.5, 0.6) is 0 Å². The number of likely N-dealkylation sites (tertiary alicyclic amines) is 1. The van der Waals surface area contributed by atoms with E-state index in [1.165, 1.54) is 38.9 Å². The van der Waals surface area contributed by atoms with Crippen LogP contribution >= 0.6 is 0 Å². The van der Waals surface area contributed by atoms with E-state index < -0.39 is 0 Å². The molecule has 0 saturated carbocycles. The fourth-order valence-corrected chi connectivity index (χ4v) is 2.91. The van der Waals surface area contributed by atoms with Gasteiger partial charge in [0.2, 0.25) is 0 Å². The number of nitrogens with zero attached hydrogens (tertiary/aromatic N) is 1. The van der Waals surface area contributed by atoms with E-state index in [1.54, 1.807) is 0 Å². The Kier molecular flexibility index (Phi) is 7.25. The summed E-state index contributed by atoms with van der Waals surface area (Å²) in [5.74, 6) is 2.60. The molecule has 1 heterocycles. The number of hydrogen-bond acceptors (Lipinski definition) is 2. The van der Waals surface area contributed by atoms with Gasteiger partial charge in [-0.05, 0) is 70.1 Å². The molecule has 2 heteroatoms. The first-order valence-electron chi connectivity index (χ1n) is 7.95. The van der Waals surface area contributed by atoms with E-state index in [-0.39, 0.29) is 0 Å². The molecule has 1 aliphatic heterocycles. The molecule has 1 unspecified atom stereocenters. The lowest BCUT2D eigenvalue weighted by atomic mass is 9.86. The third kappa shape index (κ3) is 5.71. The van der Waals surface area contributed by atoms with Gasteiger partial charge in [0, 0.05) is 6.04 Å². The molecule has 0 bridgehead atoms. The summed E-state index contributed by atoms with van der Waals surface area (Å²) >= 11 is 0. The van der Waals surface area contributed by atoms with Gasteiger partial charge in [-0.1, -0.05) is 27.7 Å². The minimum atomic E-state index is 0.748. The molecule has 1 saturated heterocycles. The van der Waals surface area contributed by atoms with Crippen molar-refractivity contribution in [3.63, 3.8) is 0 Å². The van der Waals surface area contributed by atoms with Crippen molar-refractivity contribution in [3.05, 3.63) is 0 Å². The Balaban J connectivity index is 2.14. The highest BCUT2D eigenvalue weighted by Gasteiger charge is 2.23. The van der Waals surface area contributed by atoms with Gasteiger partial charge in [-0.15, -0.1) is 0 Å². The third-order valence-electron chi connectivity index (χ3n) is 4.43. The van der Waals surface area contributed by atoms with Gasteiger partial charge < -0.3 is 10.2 Å². The van der Waals surface area contributed by atoms with Crippen LogP contribution in [0.15, 0.2) is 0 Å². The van der Waals surface area contributed by atoms with Crippen LogP contribution in [0.2, 0.25) is 0 Å². The lowest BCUT2D eigenvalue weighted by Gasteiger charge is -2.37. The second-order valence-electron chi connectivity index (χ2n) is 6.85. The Labute approximate surface area is 115 Å². The zero-order valence-corrected chi connectivity index (χ0v) is 13.2. The van der Waals surface area contributed by atoms with Crippen LogP contribution in [0.25, 0.3) is 0 Å². The Morgan fingerprint density at radius 3 is 2.17 bits per heavy atom. The Morgan fingerprint density at radius 2 is 1.67 bits per heavy atom. The zero-order valence-electron chi connectivity index (χ0n) is 13.2. The first-order valence-corrected chi connectivity index (χ1v) is 7.95. The van der Waals surface area contributed by atoms with Crippen molar-refractivity contribution in [1.82, 2.24) is 10.2 Å². The van der Waals surface area contributed by atoms with Crippen molar-refractivity contribution in [2.75, 3.05) is 26.2 Å². The monoisotopic (exact) mass is 254 g/mol. The van der Waals surface area contributed by atoms with E-state index in [9.17, 15) is 0 Å². The summed E-state index contributed by atoms with van der Waals surface area (Å²) in [5, 5.41) is 3.56. The molecule has 0 amide bonds. The van der Waals surface area contributed by atoms with Crippen molar-refractivity contribution in [3.8, 4) is 0 Å². The van der Waals surface area contributed by atoms with Gasteiger partial charge >= 0.3 is 0 Å². The molecule has 0 spiro atoms. The highest BCUT2D eigenvalue weighted by molar-refractivity contribution is 4.78. The summed E-state index contributed by atoms with van der Waals surface area (Å²) in [6.07, 6.45) is 4.10. The molecule has 1 N–H and O–H groups in total. The summed E-state index contributed by atoms with van der Waals surface area (Å²) in [6, 6.07) is 0.748.